The van der Waals surface area contributed by atoms with Gasteiger partial charge in [-0.2, -0.15) is 0 Å². The molecular formula is C12H13BrO5. The van der Waals surface area contributed by atoms with Crippen molar-refractivity contribution < 1.29 is 24.5 Å². The first kappa shape index (κ1) is 14.5. The Morgan fingerprint density at radius 1 is 1.28 bits per heavy atom. The highest BCUT2D eigenvalue weighted by Gasteiger charge is 2.26. The summed E-state index contributed by atoms with van der Waals surface area (Å²) in [4.78, 5) is 23.5. The van der Waals surface area contributed by atoms with Crippen molar-refractivity contribution >= 4 is 27.7 Å². The Bertz CT molecular complexity index is 496. The van der Waals surface area contributed by atoms with Gasteiger partial charge in [-0.05, 0) is 22.4 Å². The van der Waals surface area contributed by atoms with Crippen molar-refractivity contribution in [3.05, 3.63) is 21.7 Å². The van der Waals surface area contributed by atoms with Crippen molar-refractivity contribution in [3.8, 4) is 11.5 Å². The van der Waals surface area contributed by atoms with Gasteiger partial charge in [0, 0.05) is 12.5 Å². The number of ketones is 1. The molecule has 0 spiro atoms. The summed E-state index contributed by atoms with van der Waals surface area (Å²) >= 11 is 3.01. The lowest BCUT2D eigenvalue weighted by molar-refractivity contribution is 0.0594. The Morgan fingerprint density at radius 3 is 2.39 bits per heavy atom. The molecule has 0 saturated carbocycles. The summed E-state index contributed by atoms with van der Waals surface area (Å²) in [7, 11) is 1.16. The third-order valence-corrected chi connectivity index (χ3v) is 3.17. The largest absolute Gasteiger partial charge is 0.507 e. The van der Waals surface area contributed by atoms with Gasteiger partial charge in [0.25, 0.3) is 0 Å². The van der Waals surface area contributed by atoms with Crippen molar-refractivity contribution in [2.45, 2.75) is 19.8 Å². The van der Waals surface area contributed by atoms with E-state index >= 15 is 0 Å². The molecule has 1 aromatic carbocycles. The average molecular weight is 317 g/mol. The molecule has 0 saturated heterocycles. The first-order valence-corrected chi connectivity index (χ1v) is 6.09. The van der Waals surface area contributed by atoms with Gasteiger partial charge in [-0.25, -0.2) is 4.79 Å². The second kappa shape index (κ2) is 5.86. The van der Waals surface area contributed by atoms with Crippen LogP contribution in [0.3, 0.4) is 0 Å². The Morgan fingerprint density at radius 2 is 1.89 bits per heavy atom. The molecule has 0 radical (unpaired) electrons. The number of rotatable bonds is 4. The van der Waals surface area contributed by atoms with Crippen molar-refractivity contribution in [2.75, 3.05) is 7.11 Å². The van der Waals surface area contributed by atoms with Crippen LogP contribution >= 0.6 is 15.9 Å². The van der Waals surface area contributed by atoms with E-state index in [4.69, 9.17) is 0 Å². The van der Waals surface area contributed by atoms with Crippen LogP contribution in [0.2, 0.25) is 0 Å². The van der Waals surface area contributed by atoms with Gasteiger partial charge in [0.05, 0.1) is 22.7 Å². The topological polar surface area (TPSA) is 83.8 Å². The van der Waals surface area contributed by atoms with Gasteiger partial charge in [0.2, 0.25) is 0 Å². The monoisotopic (exact) mass is 316 g/mol. The number of Topliss-reactive ketones (excluding diaryl/α,β-unsaturated/α-hetero) is 1. The third-order valence-electron chi connectivity index (χ3n) is 2.37. The molecule has 0 amide bonds. The second-order valence-corrected chi connectivity index (χ2v) is 4.44. The molecule has 0 aliphatic heterocycles. The van der Waals surface area contributed by atoms with Crippen LogP contribution in [0.1, 0.15) is 40.5 Å². The third kappa shape index (κ3) is 2.64. The Kier molecular flexibility index (Phi) is 4.72. The first-order chi connectivity index (χ1) is 8.43. The second-order valence-electron chi connectivity index (χ2n) is 3.64. The number of halogens is 1. The zero-order valence-corrected chi connectivity index (χ0v) is 11.6. The molecule has 0 aliphatic rings. The molecule has 1 rings (SSSR count). The van der Waals surface area contributed by atoms with Crippen LogP contribution in [0.25, 0.3) is 0 Å². The molecule has 0 aromatic heterocycles. The summed E-state index contributed by atoms with van der Waals surface area (Å²) in [5, 5.41) is 19.3. The minimum absolute atomic E-state index is 0.0339. The number of esters is 1. The van der Waals surface area contributed by atoms with Gasteiger partial charge in [0.1, 0.15) is 11.5 Å². The highest BCUT2D eigenvalue weighted by molar-refractivity contribution is 9.10. The molecule has 0 heterocycles. The Hall–Kier alpha value is -1.56. The average Bonchev–Trinajstić information content (AvgIpc) is 2.32. The number of phenols is 2. The van der Waals surface area contributed by atoms with Crippen LogP contribution in [-0.2, 0) is 4.74 Å². The lowest BCUT2D eigenvalue weighted by Crippen LogP contribution is -2.12. The maximum atomic E-state index is 11.9. The van der Waals surface area contributed by atoms with E-state index in [9.17, 15) is 19.8 Å². The fourth-order valence-electron chi connectivity index (χ4n) is 1.56. The van der Waals surface area contributed by atoms with Gasteiger partial charge in [-0.15, -0.1) is 0 Å². The zero-order valence-electron chi connectivity index (χ0n) is 9.99. The highest BCUT2D eigenvalue weighted by Crippen LogP contribution is 2.37. The molecule has 0 bridgehead atoms. The van der Waals surface area contributed by atoms with Gasteiger partial charge >= 0.3 is 5.97 Å². The van der Waals surface area contributed by atoms with Gasteiger partial charge < -0.3 is 14.9 Å². The summed E-state index contributed by atoms with van der Waals surface area (Å²) in [6.07, 6.45) is 0.770. The van der Waals surface area contributed by atoms with Gasteiger partial charge in [-0.1, -0.05) is 6.92 Å². The standard InChI is InChI=1S/C12H13BrO5/c1-3-4-6(14)9-7(15)5-8(16)11(13)10(9)12(17)18-2/h5,15-16H,3-4H2,1-2H3. The minimum Gasteiger partial charge on any atom is -0.507 e. The molecule has 0 atom stereocenters. The number of phenolic OH excluding ortho intramolecular Hbond substituents is 2. The number of aromatic hydroxyl groups is 2. The maximum Gasteiger partial charge on any atom is 0.340 e. The molecule has 5 nitrogen and oxygen atoms in total. The number of ether oxygens (including phenoxy) is 1. The summed E-state index contributed by atoms with van der Waals surface area (Å²) < 4.78 is 4.59. The molecular weight excluding hydrogens is 304 g/mol. The van der Waals surface area contributed by atoms with Crippen LogP contribution in [0, 0.1) is 0 Å². The van der Waals surface area contributed by atoms with Crippen LogP contribution in [0.15, 0.2) is 10.5 Å². The number of carbonyl (C=O) groups excluding carboxylic acids is 2. The van der Waals surface area contributed by atoms with E-state index < -0.39 is 11.7 Å². The van der Waals surface area contributed by atoms with E-state index in [2.05, 4.69) is 20.7 Å². The maximum absolute atomic E-state index is 11.9. The number of hydrogen-bond acceptors (Lipinski definition) is 5. The zero-order chi connectivity index (χ0) is 13.9. The minimum atomic E-state index is -0.799. The molecule has 1 aromatic rings. The number of methoxy groups -OCH3 is 1. The fourth-order valence-corrected chi connectivity index (χ4v) is 2.03. The number of hydrogen-bond donors (Lipinski definition) is 2. The van der Waals surface area contributed by atoms with Gasteiger partial charge in [0.15, 0.2) is 5.78 Å². The van der Waals surface area contributed by atoms with Crippen molar-refractivity contribution in [1.29, 1.82) is 0 Å². The smallest absolute Gasteiger partial charge is 0.340 e. The summed E-state index contributed by atoms with van der Waals surface area (Å²) in [6, 6.07) is 1.01. The number of benzene rings is 1. The van der Waals surface area contributed by atoms with E-state index in [1.54, 1.807) is 0 Å². The SMILES string of the molecule is CCCC(=O)c1c(O)cc(O)c(Br)c1C(=O)OC. The summed E-state index contributed by atoms with van der Waals surface area (Å²) in [5.74, 6) is -1.95. The van der Waals surface area contributed by atoms with Crippen LogP contribution in [0.5, 0.6) is 11.5 Å². The van der Waals surface area contributed by atoms with E-state index in [0.717, 1.165) is 13.2 Å². The molecule has 0 unspecified atom stereocenters. The van der Waals surface area contributed by atoms with Crippen LogP contribution < -0.4 is 0 Å². The highest BCUT2D eigenvalue weighted by atomic mass is 79.9. The van der Waals surface area contributed by atoms with E-state index in [1.165, 1.54) is 0 Å². The summed E-state index contributed by atoms with van der Waals surface area (Å²) in [6.45, 7) is 1.81. The lowest BCUT2D eigenvalue weighted by atomic mass is 9.99. The van der Waals surface area contributed by atoms with Crippen LogP contribution in [0.4, 0.5) is 0 Å². The quantitative estimate of drug-likeness (QED) is 0.659. The van der Waals surface area contributed by atoms with E-state index in [0.29, 0.717) is 6.42 Å². The van der Waals surface area contributed by atoms with Crippen molar-refractivity contribution in [2.24, 2.45) is 0 Å². The van der Waals surface area contributed by atoms with E-state index in [1.807, 2.05) is 6.92 Å². The van der Waals surface area contributed by atoms with Crippen LogP contribution in [-0.4, -0.2) is 29.1 Å². The molecule has 0 fully saturated rings. The normalized spacial score (nSPS) is 10.2. The number of carbonyl (C=O) groups is 2. The lowest BCUT2D eigenvalue weighted by Gasteiger charge is -2.12. The van der Waals surface area contributed by atoms with Gasteiger partial charge in [-0.3, -0.25) is 4.79 Å². The Labute approximate surface area is 113 Å². The molecule has 6 heteroatoms. The summed E-state index contributed by atoms with van der Waals surface area (Å²) in [5.41, 5.74) is -0.290. The molecule has 2 N–H and O–H groups in total. The predicted octanol–water partition coefficient (Wildman–Crippen LogP) is 2.63. The molecule has 18 heavy (non-hydrogen) atoms. The predicted molar refractivity (Wildman–Crippen MR) is 68.0 cm³/mol. The van der Waals surface area contributed by atoms with Crippen molar-refractivity contribution in [1.82, 2.24) is 0 Å². The fraction of sp³-hybridized carbons (Fsp3) is 0.333. The molecule has 0 aliphatic carbocycles. The Balaban J connectivity index is 3.52. The molecule has 98 valence electrons. The van der Waals surface area contributed by atoms with Crippen molar-refractivity contribution in [3.63, 3.8) is 0 Å². The first-order valence-electron chi connectivity index (χ1n) is 5.29. The van der Waals surface area contributed by atoms with E-state index in [-0.39, 0.29) is 33.6 Å².